The topological polar surface area (TPSA) is 115 Å². The molecule has 0 atom stereocenters. The van der Waals surface area contributed by atoms with Crippen LogP contribution in [0.2, 0.25) is 0 Å². The lowest BCUT2D eigenvalue weighted by molar-refractivity contribution is -0.422. The van der Waals surface area contributed by atoms with Crippen LogP contribution in [-0.4, -0.2) is 15.8 Å². The molecule has 2 aromatic rings. The van der Waals surface area contributed by atoms with Crippen LogP contribution in [0.5, 0.6) is 0 Å². The van der Waals surface area contributed by atoms with Gasteiger partial charge in [-0.3, -0.25) is 25.0 Å². The number of nitrogens with zero attached hydrogens (tertiary/aromatic N) is 2. The van der Waals surface area contributed by atoms with Crippen LogP contribution < -0.4 is 5.32 Å². The Morgan fingerprint density at radius 1 is 1.00 bits per heavy atom. The van der Waals surface area contributed by atoms with Gasteiger partial charge in [0, 0.05) is 24.2 Å². The summed E-state index contributed by atoms with van der Waals surface area (Å²) in [7, 11) is 0. The average Bonchev–Trinajstić information content (AvgIpc) is 2.59. The molecule has 0 fully saturated rings. The molecule has 0 spiro atoms. The summed E-state index contributed by atoms with van der Waals surface area (Å²) in [6.45, 7) is 2.27. The number of aryl methyl sites for hydroxylation is 1. The van der Waals surface area contributed by atoms with Crippen molar-refractivity contribution < 1.29 is 14.6 Å². The van der Waals surface area contributed by atoms with Crippen molar-refractivity contribution in [1.82, 2.24) is 5.32 Å². The summed E-state index contributed by atoms with van der Waals surface area (Å²) in [6.07, 6.45) is 0.815. The van der Waals surface area contributed by atoms with E-state index in [1.807, 2.05) is 31.2 Å². The fraction of sp³-hybridized carbons (Fsp3) is 0.188. The molecule has 1 amide bonds. The van der Waals surface area contributed by atoms with E-state index in [0.29, 0.717) is 0 Å². The first-order valence-corrected chi connectivity index (χ1v) is 7.21. The molecule has 24 heavy (non-hydrogen) atoms. The summed E-state index contributed by atoms with van der Waals surface area (Å²) in [4.78, 5) is 32.2. The molecule has 0 aliphatic carbocycles. The van der Waals surface area contributed by atoms with E-state index in [1.54, 1.807) is 0 Å². The first-order valence-electron chi connectivity index (χ1n) is 7.21. The van der Waals surface area contributed by atoms with Crippen LogP contribution in [0.15, 0.2) is 42.5 Å². The molecule has 0 saturated carbocycles. The highest BCUT2D eigenvalue weighted by molar-refractivity contribution is 5.95. The van der Waals surface area contributed by atoms with Crippen LogP contribution in [0.4, 0.5) is 11.4 Å². The molecule has 0 unspecified atom stereocenters. The molecule has 0 bridgehead atoms. The number of nitro benzene ring substituents is 2. The second-order valence-corrected chi connectivity index (χ2v) is 5.02. The molecule has 8 heteroatoms. The van der Waals surface area contributed by atoms with Crippen LogP contribution in [0.3, 0.4) is 0 Å². The third-order valence-electron chi connectivity index (χ3n) is 3.57. The van der Waals surface area contributed by atoms with E-state index in [0.717, 1.165) is 29.7 Å². The summed E-state index contributed by atoms with van der Waals surface area (Å²) in [5.74, 6) is -0.529. The van der Waals surface area contributed by atoms with Crippen LogP contribution in [-0.2, 0) is 13.0 Å². The molecule has 0 radical (unpaired) electrons. The number of hydrogen-bond acceptors (Lipinski definition) is 5. The summed E-state index contributed by atoms with van der Waals surface area (Å²) in [5, 5.41) is 24.4. The van der Waals surface area contributed by atoms with Gasteiger partial charge in [-0.1, -0.05) is 31.2 Å². The van der Waals surface area contributed by atoms with Crippen molar-refractivity contribution in [2.24, 2.45) is 0 Å². The van der Waals surface area contributed by atoms with Crippen molar-refractivity contribution in [1.29, 1.82) is 0 Å². The van der Waals surface area contributed by atoms with Crippen molar-refractivity contribution >= 4 is 17.3 Å². The smallest absolute Gasteiger partial charge is 0.346 e. The molecular weight excluding hydrogens is 314 g/mol. The van der Waals surface area contributed by atoms with Gasteiger partial charge in [0.2, 0.25) is 0 Å². The Morgan fingerprint density at radius 3 is 2.21 bits per heavy atom. The van der Waals surface area contributed by atoms with Crippen LogP contribution in [0, 0.1) is 20.2 Å². The van der Waals surface area contributed by atoms with Gasteiger partial charge in [-0.25, -0.2) is 0 Å². The van der Waals surface area contributed by atoms with Crippen molar-refractivity contribution in [3.8, 4) is 0 Å². The van der Waals surface area contributed by atoms with Gasteiger partial charge in [-0.2, -0.15) is 0 Å². The number of nitro groups is 2. The van der Waals surface area contributed by atoms with E-state index < -0.39 is 27.1 Å². The summed E-state index contributed by atoms with van der Waals surface area (Å²) in [6, 6.07) is 10.7. The van der Waals surface area contributed by atoms with E-state index in [2.05, 4.69) is 5.32 Å². The lowest BCUT2D eigenvalue weighted by Gasteiger charge is -2.09. The number of amides is 1. The Labute approximate surface area is 137 Å². The van der Waals surface area contributed by atoms with E-state index in [1.165, 1.54) is 6.07 Å². The third kappa shape index (κ3) is 3.72. The fourth-order valence-corrected chi connectivity index (χ4v) is 2.32. The van der Waals surface area contributed by atoms with E-state index in [4.69, 9.17) is 0 Å². The Kier molecular flexibility index (Phi) is 5.20. The maximum atomic E-state index is 12.2. The van der Waals surface area contributed by atoms with E-state index in [9.17, 15) is 25.0 Å². The quantitative estimate of drug-likeness (QED) is 0.646. The van der Waals surface area contributed by atoms with Gasteiger partial charge in [0.1, 0.15) is 0 Å². The third-order valence-corrected chi connectivity index (χ3v) is 3.57. The largest absolute Gasteiger partial charge is 0.348 e. The molecule has 2 aromatic carbocycles. The maximum Gasteiger partial charge on any atom is 0.346 e. The standard InChI is InChI=1S/C16H15N3O5/c1-2-11-5-3-4-6-13(11)10-17-16(20)12-7-8-14(18(21)22)15(9-12)19(23)24/h3-9H,2,10H2,1H3,(H,17,20). The minimum Gasteiger partial charge on any atom is -0.348 e. The Bertz CT molecular complexity index is 804. The number of nitrogens with one attached hydrogen (secondary N) is 1. The van der Waals surface area contributed by atoms with E-state index in [-0.39, 0.29) is 12.1 Å². The maximum absolute atomic E-state index is 12.2. The molecule has 0 aromatic heterocycles. The zero-order valence-electron chi connectivity index (χ0n) is 12.9. The molecule has 0 aliphatic heterocycles. The summed E-state index contributed by atoms with van der Waals surface area (Å²) in [5.41, 5.74) is 0.688. The lowest BCUT2D eigenvalue weighted by Crippen LogP contribution is -2.23. The molecule has 0 heterocycles. The molecule has 2 rings (SSSR count). The number of hydrogen-bond donors (Lipinski definition) is 1. The zero-order chi connectivity index (χ0) is 17.7. The Morgan fingerprint density at radius 2 is 1.62 bits per heavy atom. The lowest BCUT2D eigenvalue weighted by atomic mass is 10.1. The molecular formula is C16H15N3O5. The highest BCUT2D eigenvalue weighted by Crippen LogP contribution is 2.27. The first-order chi connectivity index (χ1) is 11.4. The second kappa shape index (κ2) is 7.32. The predicted molar refractivity (Wildman–Crippen MR) is 86.7 cm³/mol. The minimum atomic E-state index is -0.874. The van der Waals surface area contributed by atoms with Gasteiger partial charge >= 0.3 is 11.4 Å². The van der Waals surface area contributed by atoms with Crippen LogP contribution >= 0.6 is 0 Å². The second-order valence-electron chi connectivity index (χ2n) is 5.02. The van der Waals surface area contributed by atoms with Gasteiger partial charge in [-0.15, -0.1) is 0 Å². The summed E-state index contributed by atoms with van der Waals surface area (Å²) < 4.78 is 0. The van der Waals surface area contributed by atoms with Crippen molar-refractivity contribution in [3.63, 3.8) is 0 Å². The highest BCUT2D eigenvalue weighted by Gasteiger charge is 2.25. The number of rotatable bonds is 6. The first kappa shape index (κ1) is 17.1. The predicted octanol–water partition coefficient (Wildman–Crippen LogP) is 3.00. The normalized spacial score (nSPS) is 10.2. The average molecular weight is 329 g/mol. The van der Waals surface area contributed by atoms with Gasteiger partial charge in [0.05, 0.1) is 9.85 Å². The van der Waals surface area contributed by atoms with Gasteiger partial charge < -0.3 is 5.32 Å². The van der Waals surface area contributed by atoms with Crippen molar-refractivity contribution in [3.05, 3.63) is 79.4 Å². The SMILES string of the molecule is CCc1ccccc1CNC(=O)c1ccc([N+](=O)[O-])c([N+](=O)[O-])c1. The number of carbonyl (C=O) groups excluding carboxylic acids is 1. The van der Waals surface area contributed by atoms with Gasteiger partial charge in [0.15, 0.2) is 0 Å². The highest BCUT2D eigenvalue weighted by atomic mass is 16.6. The number of carbonyl (C=O) groups is 1. The zero-order valence-corrected chi connectivity index (χ0v) is 12.9. The van der Waals surface area contributed by atoms with Gasteiger partial charge in [-0.05, 0) is 23.6 Å². The minimum absolute atomic E-state index is 0.00118. The van der Waals surface area contributed by atoms with Crippen molar-refractivity contribution in [2.45, 2.75) is 19.9 Å². The number of benzene rings is 2. The molecule has 0 saturated heterocycles. The van der Waals surface area contributed by atoms with Crippen LogP contribution in [0.25, 0.3) is 0 Å². The molecule has 124 valence electrons. The van der Waals surface area contributed by atoms with E-state index >= 15 is 0 Å². The Hall–Kier alpha value is -3.29. The fourth-order valence-electron chi connectivity index (χ4n) is 2.32. The van der Waals surface area contributed by atoms with Crippen LogP contribution in [0.1, 0.15) is 28.4 Å². The molecule has 8 nitrogen and oxygen atoms in total. The Balaban J connectivity index is 2.19. The summed E-state index contributed by atoms with van der Waals surface area (Å²) >= 11 is 0. The molecule has 0 aliphatic rings. The monoisotopic (exact) mass is 329 g/mol. The molecule has 1 N–H and O–H groups in total. The van der Waals surface area contributed by atoms with Gasteiger partial charge in [0.25, 0.3) is 5.91 Å². The van der Waals surface area contributed by atoms with Crippen molar-refractivity contribution in [2.75, 3.05) is 0 Å².